The zero-order chi connectivity index (χ0) is 27.6. The van der Waals surface area contributed by atoms with Crippen molar-refractivity contribution in [1.29, 1.82) is 0 Å². The number of aromatic nitrogens is 3. The summed E-state index contributed by atoms with van der Waals surface area (Å²) in [6.45, 7) is 0. The number of rotatable bonds is 3. The second kappa shape index (κ2) is 8.92. The Labute approximate surface area is 242 Å². The second-order valence-electron chi connectivity index (χ2n) is 10.9. The molecular weight excluding hydrogens is 510 g/mol. The van der Waals surface area contributed by atoms with Crippen molar-refractivity contribution in [3.05, 3.63) is 152 Å². The zero-order valence-corrected chi connectivity index (χ0v) is 22.8. The highest BCUT2D eigenvalue weighted by Gasteiger charge is 2.18. The van der Waals surface area contributed by atoms with Crippen LogP contribution in [0.25, 0.3) is 76.9 Å². The maximum absolute atomic E-state index is 4.48. The first-order valence-electron chi connectivity index (χ1n) is 14.3. The minimum absolute atomic E-state index is 1.11. The highest BCUT2D eigenvalue weighted by Crippen LogP contribution is 2.41. The second-order valence-corrected chi connectivity index (χ2v) is 10.9. The maximum Gasteiger partial charge on any atom is 0.0724 e. The zero-order valence-electron chi connectivity index (χ0n) is 22.8. The fraction of sp³-hybridized carbons (Fsp3) is 0. The van der Waals surface area contributed by atoms with Crippen molar-refractivity contribution in [2.75, 3.05) is 0 Å². The molecule has 0 amide bonds. The van der Waals surface area contributed by atoms with Gasteiger partial charge in [0.15, 0.2) is 0 Å². The lowest BCUT2D eigenvalue weighted by molar-refractivity contribution is 1.17. The Morgan fingerprint density at radius 1 is 0.429 bits per heavy atom. The topological polar surface area (TPSA) is 22.8 Å². The minimum atomic E-state index is 1.11. The molecule has 9 aromatic rings. The van der Waals surface area contributed by atoms with Gasteiger partial charge < -0.3 is 9.13 Å². The van der Waals surface area contributed by atoms with Gasteiger partial charge in [0.25, 0.3) is 0 Å². The summed E-state index contributed by atoms with van der Waals surface area (Å²) in [5.41, 5.74) is 9.46. The average Bonchev–Trinajstić information content (AvgIpc) is 3.58. The van der Waals surface area contributed by atoms with Gasteiger partial charge in [-0.25, -0.2) is 0 Å². The third-order valence-corrected chi connectivity index (χ3v) is 8.58. The molecule has 3 heteroatoms. The van der Waals surface area contributed by atoms with Crippen LogP contribution in [0, 0.1) is 0 Å². The largest absolute Gasteiger partial charge is 0.309 e. The monoisotopic (exact) mass is 535 g/mol. The third-order valence-electron chi connectivity index (χ3n) is 8.58. The molecule has 0 saturated heterocycles. The van der Waals surface area contributed by atoms with E-state index >= 15 is 0 Å². The lowest BCUT2D eigenvalue weighted by Crippen LogP contribution is -1.94. The summed E-state index contributed by atoms with van der Waals surface area (Å²) >= 11 is 0. The van der Waals surface area contributed by atoms with Gasteiger partial charge in [0.1, 0.15) is 0 Å². The summed E-state index contributed by atoms with van der Waals surface area (Å²) in [6, 6.07) is 50.4. The predicted molar refractivity (Wildman–Crippen MR) is 176 cm³/mol. The quantitative estimate of drug-likeness (QED) is 0.221. The highest BCUT2D eigenvalue weighted by atomic mass is 15.0. The van der Waals surface area contributed by atoms with E-state index in [2.05, 4.69) is 154 Å². The van der Waals surface area contributed by atoms with Crippen LogP contribution in [0.1, 0.15) is 0 Å². The number of fused-ring (bicyclic) bond motifs is 7. The summed E-state index contributed by atoms with van der Waals surface area (Å²) in [6.07, 6.45) is 3.86. The molecule has 9 rings (SSSR count). The van der Waals surface area contributed by atoms with Gasteiger partial charge in [-0.1, -0.05) is 84.9 Å². The van der Waals surface area contributed by atoms with Crippen LogP contribution >= 0.6 is 0 Å². The highest BCUT2D eigenvalue weighted by molar-refractivity contribution is 6.17. The van der Waals surface area contributed by atoms with E-state index in [1.54, 1.807) is 0 Å². The van der Waals surface area contributed by atoms with Gasteiger partial charge in [0.2, 0.25) is 0 Å². The molecule has 0 aliphatic heterocycles. The van der Waals surface area contributed by atoms with Crippen LogP contribution in [0.5, 0.6) is 0 Å². The summed E-state index contributed by atoms with van der Waals surface area (Å²) in [7, 11) is 0. The smallest absolute Gasteiger partial charge is 0.0724 e. The Bertz CT molecular complexity index is 2460. The molecule has 0 aliphatic carbocycles. The molecule has 0 atom stereocenters. The molecule has 0 spiro atoms. The van der Waals surface area contributed by atoms with Crippen molar-refractivity contribution in [3.63, 3.8) is 0 Å². The van der Waals surface area contributed by atoms with Crippen LogP contribution in [0.2, 0.25) is 0 Å². The molecule has 3 heterocycles. The summed E-state index contributed by atoms with van der Waals surface area (Å²) in [5, 5.41) is 7.45. The van der Waals surface area contributed by atoms with Gasteiger partial charge >= 0.3 is 0 Å². The molecule has 6 aromatic carbocycles. The molecule has 0 aliphatic rings. The molecule has 42 heavy (non-hydrogen) atoms. The Balaban J connectivity index is 1.32. The van der Waals surface area contributed by atoms with Crippen molar-refractivity contribution >= 4 is 54.4 Å². The Morgan fingerprint density at radius 2 is 1.19 bits per heavy atom. The molecule has 196 valence electrons. The van der Waals surface area contributed by atoms with Crippen molar-refractivity contribution in [1.82, 2.24) is 14.1 Å². The molecule has 3 nitrogen and oxygen atoms in total. The summed E-state index contributed by atoms with van der Waals surface area (Å²) in [4.78, 5) is 4.48. The van der Waals surface area contributed by atoms with Crippen molar-refractivity contribution in [2.45, 2.75) is 0 Å². The SMILES string of the molecule is c1ccc(-n2c3ccc(-c4cccc5c4c4ccccc4n5-c4ccc5ccccc5c4)cc3c3ccncc32)cc1. The van der Waals surface area contributed by atoms with E-state index in [9.17, 15) is 0 Å². The van der Waals surface area contributed by atoms with Gasteiger partial charge in [-0.2, -0.15) is 0 Å². The normalized spacial score (nSPS) is 11.8. The lowest BCUT2D eigenvalue weighted by Gasteiger charge is -2.10. The average molecular weight is 536 g/mol. The molecule has 0 saturated carbocycles. The fourth-order valence-electron chi connectivity index (χ4n) is 6.75. The predicted octanol–water partition coefficient (Wildman–Crippen LogP) is 10.1. The summed E-state index contributed by atoms with van der Waals surface area (Å²) in [5.74, 6) is 0. The van der Waals surface area contributed by atoms with Gasteiger partial charge in [0.05, 0.1) is 28.3 Å². The van der Waals surface area contributed by atoms with E-state index in [0.29, 0.717) is 0 Å². The van der Waals surface area contributed by atoms with Gasteiger partial charge in [-0.05, 0) is 76.5 Å². The number of para-hydroxylation sites is 2. The van der Waals surface area contributed by atoms with Crippen LogP contribution in [-0.2, 0) is 0 Å². The van der Waals surface area contributed by atoms with Crippen LogP contribution in [0.3, 0.4) is 0 Å². The molecule has 0 bridgehead atoms. The van der Waals surface area contributed by atoms with Crippen LogP contribution in [0.4, 0.5) is 0 Å². The van der Waals surface area contributed by atoms with Crippen LogP contribution in [-0.4, -0.2) is 14.1 Å². The van der Waals surface area contributed by atoms with E-state index in [-0.39, 0.29) is 0 Å². The standard InChI is InChI=1S/C39H25N3/c1-2-11-29(12-3-1)41-36-20-18-28(24-34(36)32-21-22-40-25-38(32)41)31-14-8-16-37-39(31)33-13-6-7-15-35(33)42(37)30-19-17-26-9-4-5-10-27(26)23-30/h1-25H. The Kier molecular flexibility index (Phi) is 4.90. The van der Waals surface area contributed by atoms with E-state index in [0.717, 1.165) is 11.2 Å². The molecule has 0 radical (unpaired) electrons. The molecule has 0 fully saturated rings. The van der Waals surface area contributed by atoms with E-state index in [1.807, 2.05) is 12.4 Å². The first kappa shape index (κ1) is 23.1. The molecule has 0 N–H and O–H groups in total. The molecule has 3 aromatic heterocycles. The van der Waals surface area contributed by atoms with Gasteiger partial charge in [-0.3, -0.25) is 4.98 Å². The first-order valence-corrected chi connectivity index (χ1v) is 14.3. The van der Waals surface area contributed by atoms with Gasteiger partial charge in [0, 0.05) is 39.1 Å². The summed E-state index contributed by atoms with van der Waals surface area (Å²) < 4.78 is 4.72. The Morgan fingerprint density at radius 3 is 2.12 bits per heavy atom. The van der Waals surface area contributed by atoms with E-state index in [4.69, 9.17) is 0 Å². The number of benzene rings is 6. The van der Waals surface area contributed by atoms with Crippen molar-refractivity contribution in [2.24, 2.45) is 0 Å². The van der Waals surface area contributed by atoms with Gasteiger partial charge in [-0.15, -0.1) is 0 Å². The first-order chi connectivity index (χ1) is 20.8. The molecular formula is C39H25N3. The van der Waals surface area contributed by atoms with E-state index in [1.165, 1.54) is 65.7 Å². The maximum atomic E-state index is 4.48. The van der Waals surface area contributed by atoms with Crippen molar-refractivity contribution < 1.29 is 0 Å². The van der Waals surface area contributed by atoms with Crippen LogP contribution < -0.4 is 0 Å². The Hall–Kier alpha value is -5.67. The third kappa shape index (κ3) is 3.31. The van der Waals surface area contributed by atoms with Crippen LogP contribution in [0.15, 0.2) is 152 Å². The fourth-order valence-corrected chi connectivity index (χ4v) is 6.75. The van der Waals surface area contributed by atoms with E-state index < -0.39 is 0 Å². The molecule has 0 unspecified atom stereocenters. The number of nitrogens with zero attached hydrogens (tertiary/aromatic N) is 3. The lowest BCUT2D eigenvalue weighted by atomic mass is 9.98. The number of pyridine rings is 1. The van der Waals surface area contributed by atoms with Crippen molar-refractivity contribution in [3.8, 4) is 22.5 Å². The number of hydrogen-bond acceptors (Lipinski definition) is 1. The minimum Gasteiger partial charge on any atom is -0.309 e. The number of hydrogen-bond donors (Lipinski definition) is 0.